The van der Waals surface area contributed by atoms with Gasteiger partial charge in [0.15, 0.2) is 0 Å². The summed E-state index contributed by atoms with van der Waals surface area (Å²) in [6.07, 6.45) is 11.0. The van der Waals surface area contributed by atoms with Crippen LogP contribution in [0.2, 0.25) is 0 Å². The standard InChI is InChI=1S/C47H37N7O6/c55-25-39-44(56)45(57)46(58)47(60-39)59-38-4-2-1-3-29(38)43-36-11-9-34(53-36)41(27-15-21-49-22-16-27)32-7-5-30(51-32)40(26-13-19-48-20-14-26)31-6-8-33(52-31)42(28-17-23-50-24-18-28)35-10-12-37(43)54-35/h1-24,39,44-47,51-52,55-58H,25H2/t39-,44-,45+,46-,47-/m1/s1. The Balaban J connectivity index is 1.30. The van der Waals surface area contributed by atoms with Crippen LogP contribution in [0.1, 0.15) is 22.8 Å². The van der Waals surface area contributed by atoms with Crippen molar-refractivity contribution in [3.05, 3.63) is 145 Å². The topological polar surface area (TPSA) is 195 Å². The minimum Gasteiger partial charge on any atom is -0.461 e. The molecule has 1 fully saturated rings. The summed E-state index contributed by atoms with van der Waals surface area (Å²) in [4.78, 5) is 30.9. The van der Waals surface area contributed by atoms with E-state index in [9.17, 15) is 20.4 Å². The summed E-state index contributed by atoms with van der Waals surface area (Å²) in [5, 5.41) is 42.0. The monoisotopic (exact) mass is 795 g/mol. The summed E-state index contributed by atoms with van der Waals surface area (Å²) in [7, 11) is 0. The Hall–Kier alpha value is -7.13. The van der Waals surface area contributed by atoms with Gasteiger partial charge in [0.25, 0.3) is 0 Å². The van der Waals surface area contributed by atoms with Crippen LogP contribution in [0.15, 0.2) is 122 Å². The van der Waals surface area contributed by atoms with Crippen LogP contribution in [0, 0.1) is 0 Å². The van der Waals surface area contributed by atoms with E-state index in [2.05, 4.69) is 49.2 Å². The van der Waals surface area contributed by atoms with Crippen molar-refractivity contribution in [3.8, 4) is 50.3 Å². The molecule has 10 rings (SSSR count). The molecular weight excluding hydrogens is 759 g/mol. The fourth-order valence-corrected chi connectivity index (χ4v) is 8.02. The van der Waals surface area contributed by atoms with E-state index in [0.717, 1.165) is 55.4 Å². The first-order valence-electron chi connectivity index (χ1n) is 19.4. The van der Waals surface area contributed by atoms with Crippen molar-refractivity contribution in [1.82, 2.24) is 34.9 Å². The Morgan fingerprint density at radius 3 is 1.42 bits per heavy atom. The number of nitrogens with one attached hydrogen (secondary N) is 2. The average Bonchev–Trinajstić information content (AvgIpc) is 4.14. The molecule has 1 saturated heterocycles. The third-order valence-corrected chi connectivity index (χ3v) is 10.9. The van der Waals surface area contributed by atoms with E-state index in [1.54, 1.807) is 49.3 Å². The van der Waals surface area contributed by atoms with Gasteiger partial charge in [0.1, 0.15) is 30.2 Å². The van der Waals surface area contributed by atoms with E-state index in [-0.39, 0.29) is 0 Å². The zero-order valence-electron chi connectivity index (χ0n) is 31.8. The maximum Gasteiger partial charge on any atom is 0.229 e. The zero-order valence-corrected chi connectivity index (χ0v) is 31.8. The normalized spacial score (nSPS) is 19.7. The fraction of sp³-hybridized carbons (Fsp3) is 0.128. The molecule has 296 valence electrons. The third-order valence-electron chi connectivity index (χ3n) is 10.9. The minimum atomic E-state index is -1.62. The minimum absolute atomic E-state index is 0.291. The molecule has 13 nitrogen and oxygen atoms in total. The highest BCUT2D eigenvalue weighted by atomic mass is 16.7. The second-order valence-electron chi connectivity index (χ2n) is 14.5. The molecule has 0 amide bonds. The van der Waals surface area contributed by atoms with E-state index in [1.807, 2.05) is 72.8 Å². The fourth-order valence-electron chi connectivity index (χ4n) is 8.02. The van der Waals surface area contributed by atoms with Crippen LogP contribution in [-0.2, 0) is 4.74 Å². The van der Waals surface area contributed by atoms with E-state index >= 15 is 0 Å². The van der Waals surface area contributed by atoms with Crippen molar-refractivity contribution in [2.75, 3.05) is 6.61 Å². The number of para-hydroxylation sites is 1. The molecule has 1 aromatic carbocycles. The molecule has 13 heteroatoms. The third kappa shape index (κ3) is 6.66. The maximum atomic E-state index is 11.0. The van der Waals surface area contributed by atoms with Gasteiger partial charge in [-0.15, -0.1) is 0 Å². The van der Waals surface area contributed by atoms with Gasteiger partial charge in [-0.25, -0.2) is 9.97 Å². The van der Waals surface area contributed by atoms with E-state index < -0.39 is 37.3 Å². The number of nitrogens with zero attached hydrogens (tertiary/aromatic N) is 5. The summed E-state index contributed by atoms with van der Waals surface area (Å²) < 4.78 is 12.1. The first-order chi connectivity index (χ1) is 29.4. The lowest BCUT2D eigenvalue weighted by atomic mass is 9.99. The van der Waals surface area contributed by atoms with Gasteiger partial charge in [-0.3, -0.25) is 15.0 Å². The van der Waals surface area contributed by atoms with Crippen molar-refractivity contribution < 1.29 is 29.9 Å². The van der Waals surface area contributed by atoms with Crippen molar-refractivity contribution in [1.29, 1.82) is 0 Å². The summed E-state index contributed by atoms with van der Waals surface area (Å²) in [6, 6.07) is 27.2. The van der Waals surface area contributed by atoms with Crippen molar-refractivity contribution in [2.45, 2.75) is 30.7 Å². The molecule has 3 aliphatic heterocycles. The molecule has 0 radical (unpaired) electrons. The molecule has 6 N–H and O–H groups in total. The lowest BCUT2D eigenvalue weighted by Crippen LogP contribution is -2.60. The number of aromatic amines is 2. The van der Waals surface area contributed by atoms with Crippen LogP contribution in [-0.4, -0.2) is 92.6 Å². The van der Waals surface area contributed by atoms with Crippen LogP contribution in [0.3, 0.4) is 0 Å². The molecule has 3 aliphatic rings. The molecule has 0 saturated carbocycles. The molecule has 5 atom stereocenters. The molecule has 9 heterocycles. The summed E-state index contributed by atoms with van der Waals surface area (Å²) >= 11 is 0. The quantitative estimate of drug-likeness (QED) is 0.101. The van der Waals surface area contributed by atoms with Crippen molar-refractivity contribution in [2.24, 2.45) is 0 Å². The summed E-state index contributed by atoms with van der Waals surface area (Å²) in [6.45, 7) is -0.593. The molecule has 8 bridgehead atoms. The predicted octanol–water partition coefficient (Wildman–Crippen LogP) is 6.69. The number of fused-ring (bicyclic) bond motifs is 8. The van der Waals surface area contributed by atoms with Crippen molar-refractivity contribution in [3.63, 3.8) is 0 Å². The van der Waals surface area contributed by atoms with Gasteiger partial charge in [-0.2, -0.15) is 0 Å². The largest absolute Gasteiger partial charge is 0.461 e. The molecule has 7 aromatic rings. The Kier molecular flexibility index (Phi) is 9.64. The Morgan fingerprint density at radius 2 is 0.933 bits per heavy atom. The predicted molar refractivity (Wildman–Crippen MR) is 228 cm³/mol. The van der Waals surface area contributed by atoms with E-state index in [4.69, 9.17) is 19.4 Å². The van der Waals surface area contributed by atoms with Crippen LogP contribution in [0.4, 0.5) is 0 Å². The molecular formula is C47H37N7O6. The van der Waals surface area contributed by atoms with Gasteiger partial charge in [0.05, 0.1) is 29.4 Å². The molecule has 0 spiro atoms. The van der Waals surface area contributed by atoms with Gasteiger partial charge in [0.2, 0.25) is 6.29 Å². The van der Waals surface area contributed by atoms with Crippen LogP contribution >= 0.6 is 0 Å². The molecule has 0 unspecified atom stereocenters. The van der Waals surface area contributed by atoms with Crippen LogP contribution in [0.5, 0.6) is 5.75 Å². The highest BCUT2D eigenvalue weighted by molar-refractivity contribution is 6.00. The van der Waals surface area contributed by atoms with Gasteiger partial charge in [-0.1, -0.05) is 18.2 Å². The highest BCUT2D eigenvalue weighted by Crippen LogP contribution is 2.41. The summed E-state index contributed by atoms with van der Waals surface area (Å²) in [5.41, 5.74) is 12.5. The Labute approximate surface area is 342 Å². The lowest BCUT2D eigenvalue weighted by molar-refractivity contribution is -0.277. The Morgan fingerprint density at radius 1 is 0.500 bits per heavy atom. The molecule has 60 heavy (non-hydrogen) atoms. The smallest absolute Gasteiger partial charge is 0.229 e. The first kappa shape index (κ1) is 37.2. The average molecular weight is 796 g/mol. The first-order valence-corrected chi connectivity index (χ1v) is 19.4. The van der Waals surface area contributed by atoms with E-state index in [1.165, 1.54) is 0 Å². The number of pyridine rings is 3. The number of ether oxygens (including phenoxy) is 2. The molecule has 6 aromatic heterocycles. The lowest BCUT2D eigenvalue weighted by Gasteiger charge is -2.39. The Bertz CT molecular complexity index is 2810. The highest BCUT2D eigenvalue weighted by Gasteiger charge is 2.45. The van der Waals surface area contributed by atoms with Crippen LogP contribution < -0.4 is 4.74 Å². The number of benzene rings is 1. The van der Waals surface area contributed by atoms with Gasteiger partial charge in [-0.05, 0) is 108 Å². The number of hydrogen-bond donors (Lipinski definition) is 6. The number of hydrogen-bond acceptors (Lipinski definition) is 11. The number of aromatic nitrogens is 7. The van der Waals surface area contributed by atoms with E-state index in [0.29, 0.717) is 39.7 Å². The molecule has 0 aliphatic carbocycles. The second-order valence-corrected chi connectivity index (χ2v) is 14.5. The number of aliphatic hydroxyl groups is 4. The maximum absolute atomic E-state index is 11.0. The van der Waals surface area contributed by atoms with Gasteiger partial charge in [0, 0.05) is 87.1 Å². The number of aliphatic hydroxyl groups excluding tert-OH is 4. The SMILES string of the molecule is OC[C@H]1O[C@@H](Oc2ccccc2-c2c3nc(c(-c4ccncc4)c4ccc([nH]4)c(-c4ccncc4)c4ccc([nH]4)c(-c4ccncc4)c4nc2C=C4)C=C3)[C@H](O)[C@@H](O)[C@@H]1O. The van der Waals surface area contributed by atoms with Crippen molar-refractivity contribution >= 4 is 46.4 Å². The number of H-pyrrole nitrogens is 2. The zero-order chi connectivity index (χ0) is 40.7. The van der Waals surface area contributed by atoms with Gasteiger partial charge >= 0.3 is 0 Å². The van der Waals surface area contributed by atoms with Crippen LogP contribution in [0.25, 0.3) is 90.9 Å². The van der Waals surface area contributed by atoms with Gasteiger partial charge < -0.3 is 39.9 Å². The number of rotatable bonds is 7. The summed E-state index contributed by atoms with van der Waals surface area (Å²) in [5.74, 6) is 0.291. The second kappa shape index (κ2) is 15.6.